The summed E-state index contributed by atoms with van der Waals surface area (Å²) in [6.07, 6.45) is 0. The van der Waals surface area contributed by atoms with Gasteiger partial charge in [-0.1, -0.05) is 31.2 Å². The van der Waals surface area contributed by atoms with Crippen molar-refractivity contribution in [3.63, 3.8) is 0 Å². The summed E-state index contributed by atoms with van der Waals surface area (Å²) in [5.41, 5.74) is 1.86. The molecule has 1 atom stereocenters. The lowest BCUT2D eigenvalue weighted by Gasteiger charge is -2.38. The SMILES string of the molecule is CCN1CCN(C(c2ccc(F)cc2)c2nnnn2Cc2ccc(F)cc2)CC1. The number of halogens is 2. The van der Waals surface area contributed by atoms with Crippen molar-refractivity contribution in [3.05, 3.63) is 77.1 Å². The zero-order valence-electron chi connectivity index (χ0n) is 16.4. The summed E-state index contributed by atoms with van der Waals surface area (Å²) in [6, 6.07) is 12.7. The summed E-state index contributed by atoms with van der Waals surface area (Å²) in [5.74, 6) is 0.156. The van der Waals surface area contributed by atoms with E-state index in [1.54, 1.807) is 28.9 Å². The number of likely N-dealkylation sites (N-methyl/N-ethyl adjacent to an activating group) is 1. The van der Waals surface area contributed by atoms with Gasteiger partial charge in [0.2, 0.25) is 0 Å². The van der Waals surface area contributed by atoms with Crippen molar-refractivity contribution in [2.24, 2.45) is 0 Å². The van der Waals surface area contributed by atoms with E-state index >= 15 is 0 Å². The molecule has 0 aliphatic carbocycles. The van der Waals surface area contributed by atoms with Crippen LogP contribution in [0.3, 0.4) is 0 Å². The normalized spacial score (nSPS) is 16.8. The Balaban J connectivity index is 1.65. The molecule has 1 aliphatic heterocycles. The van der Waals surface area contributed by atoms with Crippen LogP contribution in [0.5, 0.6) is 0 Å². The third kappa shape index (κ3) is 4.49. The Morgan fingerprint density at radius 2 is 1.52 bits per heavy atom. The summed E-state index contributed by atoms with van der Waals surface area (Å²) >= 11 is 0. The van der Waals surface area contributed by atoms with Crippen LogP contribution in [-0.4, -0.2) is 62.7 Å². The molecule has 152 valence electrons. The van der Waals surface area contributed by atoms with Crippen molar-refractivity contribution in [3.8, 4) is 0 Å². The standard InChI is InChI=1S/C21H24F2N6/c1-2-27-11-13-28(14-12-27)20(17-5-9-19(23)10-6-17)21-24-25-26-29(21)15-16-3-7-18(22)8-4-16/h3-10,20H,2,11-15H2,1H3. The molecule has 4 rings (SSSR count). The minimum atomic E-state index is -0.274. The van der Waals surface area contributed by atoms with E-state index < -0.39 is 0 Å². The number of tetrazole rings is 1. The van der Waals surface area contributed by atoms with Gasteiger partial charge in [0.05, 0.1) is 12.6 Å². The van der Waals surface area contributed by atoms with Gasteiger partial charge >= 0.3 is 0 Å². The minimum Gasteiger partial charge on any atom is -0.301 e. The molecule has 1 unspecified atom stereocenters. The van der Waals surface area contributed by atoms with Gasteiger partial charge in [-0.2, -0.15) is 0 Å². The Morgan fingerprint density at radius 1 is 0.897 bits per heavy atom. The average Bonchev–Trinajstić information content (AvgIpc) is 3.19. The van der Waals surface area contributed by atoms with Crippen LogP contribution in [0, 0.1) is 11.6 Å². The summed E-state index contributed by atoms with van der Waals surface area (Å²) in [7, 11) is 0. The van der Waals surface area contributed by atoms with E-state index in [-0.39, 0.29) is 17.7 Å². The Bertz CT molecular complexity index is 917. The molecule has 3 aromatic rings. The number of benzene rings is 2. The highest BCUT2D eigenvalue weighted by molar-refractivity contribution is 5.26. The first-order valence-corrected chi connectivity index (χ1v) is 9.86. The first-order chi connectivity index (χ1) is 14.1. The van der Waals surface area contributed by atoms with E-state index in [4.69, 9.17) is 0 Å². The Hall–Kier alpha value is -2.71. The van der Waals surface area contributed by atoms with Crippen molar-refractivity contribution < 1.29 is 8.78 Å². The molecule has 1 aromatic heterocycles. The van der Waals surface area contributed by atoms with Crippen molar-refractivity contribution in [2.75, 3.05) is 32.7 Å². The third-order valence-electron chi connectivity index (χ3n) is 5.45. The van der Waals surface area contributed by atoms with Gasteiger partial charge in [-0.3, -0.25) is 4.90 Å². The second kappa shape index (κ2) is 8.75. The number of hydrogen-bond donors (Lipinski definition) is 0. The van der Waals surface area contributed by atoms with Crippen LogP contribution in [0.2, 0.25) is 0 Å². The highest BCUT2D eigenvalue weighted by Gasteiger charge is 2.30. The molecule has 29 heavy (non-hydrogen) atoms. The fourth-order valence-corrected chi connectivity index (χ4v) is 3.79. The van der Waals surface area contributed by atoms with E-state index in [9.17, 15) is 8.78 Å². The molecular formula is C21H24F2N6. The van der Waals surface area contributed by atoms with E-state index in [0.717, 1.165) is 43.9 Å². The van der Waals surface area contributed by atoms with Crippen LogP contribution < -0.4 is 0 Å². The largest absolute Gasteiger partial charge is 0.301 e. The molecule has 2 heterocycles. The quantitative estimate of drug-likeness (QED) is 0.639. The van der Waals surface area contributed by atoms with E-state index in [1.807, 2.05) is 0 Å². The molecule has 0 spiro atoms. The predicted molar refractivity (Wildman–Crippen MR) is 105 cm³/mol. The second-order valence-electron chi connectivity index (χ2n) is 7.25. The number of hydrogen-bond acceptors (Lipinski definition) is 5. The monoisotopic (exact) mass is 398 g/mol. The van der Waals surface area contributed by atoms with Gasteiger partial charge in [-0.05, 0) is 52.4 Å². The average molecular weight is 398 g/mol. The van der Waals surface area contributed by atoms with Crippen molar-refractivity contribution in [1.82, 2.24) is 30.0 Å². The van der Waals surface area contributed by atoms with Gasteiger partial charge in [-0.15, -0.1) is 5.10 Å². The van der Waals surface area contributed by atoms with Crippen LogP contribution >= 0.6 is 0 Å². The molecule has 0 bridgehead atoms. The highest BCUT2D eigenvalue weighted by Crippen LogP contribution is 2.28. The van der Waals surface area contributed by atoms with Gasteiger partial charge in [0, 0.05) is 26.2 Å². The molecule has 0 radical (unpaired) electrons. The number of rotatable bonds is 6. The fourth-order valence-electron chi connectivity index (χ4n) is 3.79. The molecule has 0 amide bonds. The second-order valence-corrected chi connectivity index (χ2v) is 7.25. The molecule has 8 heteroatoms. The van der Waals surface area contributed by atoms with Gasteiger partial charge in [0.1, 0.15) is 11.6 Å². The van der Waals surface area contributed by atoms with Crippen LogP contribution in [0.15, 0.2) is 48.5 Å². The molecular weight excluding hydrogens is 374 g/mol. The van der Waals surface area contributed by atoms with Crippen molar-refractivity contribution in [2.45, 2.75) is 19.5 Å². The van der Waals surface area contributed by atoms with Gasteiger partial charge in [0.15, 0.2) is 5.82 Å². The smallest absolute Gasteiger partial charge is 0.173 e. The summed E-state index contributed by atoms with van der Waals surface area (Å²) in [5, 5.41) is 12.4. The lowest BCUT2D eigenvalue weighted by Crippen LogP contribution is -2.48. The Kier molecular flexibility index (Phi) is 5.92. The molecule has 1 fully saturated rings. The molecule has 6 nitrogen and oxygen atoms in total. The summed E-state index contributed by atoms with van der Waals surface area (Å²) < 4.78 is 28.5. The van der Waals surface area contributed by atoms with Crippen LogP contribution in [0.1, 0.15) is 29.9 Å². The zero-order valence-corrected chi connectivity index (χ0v) is 16.4. The number of aromatic nitrogens is 4. The maximum atomic E-state index is 13.5. The van der Waals surface area contributed by atoms with E-state index in [0.29, 0.717) is 12.4 Å². The molecule has 1 aliphatic rings. The number of nitrogens with zero attached hydrogens (tertiary/aromatic N) is 6. The molecule has 0 saturated carbocycles. The van der Waals surface area contributed by atoms with E-state index in [1.165, 1.54) is 24.3 Å². The zero-order chi connectivity index (χ0) is 20.2. The van der Waals surface area contributed by atoms with Crippen LogP contribution in [0.25, 0.3) is 0 Å². The van der Waals surface area contributed by atoms with E-state index in [2.05, 4.69) is 32.2 Å². The number of piperazine rings is 1. The Labute approximate surface area is 168 Å². The predicted octanol–water partition coefficient (Wildman–Crippen LogP) is 2.73. The maximum Gasteiger partial charge on any atom is 0.173 e. The Morgan fingerprint density at radius 3 is 2.14 bits per heavy atom. The summed E-state index contributed by atoms with van der Waals surface area (Å²) in [6.45, 7) is 7.31. The third-order valence-corrected chi connectivity index (χ3v) is 5.45. The minimum absolute atomic E-state index is 0.176. The van der Waals surface area contributed by atoms with Gasteiger partial charge < -0.3 is 4.90 Å². The van der Waals surface area contributed by atoms with Gasteiger partial charge in [0.25, 0.3) is 0 Å². The first-order valence-electron chi connectivity index (χ1n) is 9.86. The molecule has 2 aromatic carbocycles. The van der Waals surface area contributed by atoms with Crippen LogP contribution in [-0.2, 0) is 6.54 Å². The lowest BCUT2D eigenvalue weighted by molar-refractivity contribution is 0.108. The molecule has 0 N–H and O–H groups in total. The van der Waals surface area contributed by atoms with Crippen LogP contribution in [0.4, 0.5) is 8.78 Å². The summed E-state index contributed by atoms with van der Waals surface area (Å²) in [4.78, 5) is 4.74. The van der Waals surface area contributed by atoms with Crippen molar-refractivity contribution >= 4 is 0 Å². The topological polar surface area (TPSA) is 50.1 Å². The lowest BCUT2D eigenvalue weighted by atomic mass is 10.0. The van der Waals surface area contributed by atoms with Gasteiger partial charge in [-0.25, -0.2) is 13.5 Å². The first kappa shape index (κ1) is 19.6. The van der Waals surface area contributed by atoms with Crippen molar-refractivity contribution in [1.29, 1.82) is 0 Å². The molecule has 1 saturated heterocycles. The highest BCUT2D eigenvalue weighted by atomic mass is 19.1. The fraction of sp³-hybridized carbons (Fsp3) is 0.381. The maximum absolute atomic E-state index is 13.5.